The molecule has 0 bridgehead atoms. The molecule has 1 aliphatic carbocycles. The monoisotopic (exact) mass is 185 g/mol. The van der Waals surface area contributed by atoms with Crippen LogP contribution in [0.2, 0.25) is 0 Å². The first-order chi connectivity index (χ1) is 5.97. The standard InChI is InChI=1S/C11H23NO/c1-10(2,3)8-12-9-11(4-5-11)6-7-13/h12-13H,4-9H2,1-3H3. The zero-order chi connectivity index (χ0) is 9.95. The Morgan fingerprint density at radius 2 is 1.92 bits per heavy atom. The molecule has 2 heteroatoms. The first-order valence-electron chi connectivity index (χ1n) is 5.29. The van der Waals surface area contributed by atoms with Gasteiger partial charge < -0.3 is 10.4 Å². The van der Waals surface area contributed by atoms with Crippen molar-refractivity contribution in [3.05, 3.63) is 0 Å². The molecule has 0 saturated heterocycles. The van der Waals surface area contributed by atoms with Gasteiger partial charge in [-0.3, -0.25) is 0 Å². The molecule has 1 saturated carbocycles. The van der Waals surface area contributed by atoms with E-state index < -0.39 is 0 Å². The first-order valence-corrected chi connectivity index (χ1v) is 5.29. The third kappa shape index (κ3) is 4.10. The van der Waals surface area contributed by atoms with Crippen molar-refractivity contribution in [2.45, 2.75) is 40.0 Å². The summed E-state index contributed by atoms with van der Waals surface area (Å²) in [5, 5.41) is 12.4. The van der Waals surface area contributed by atoms with Gasteiger partial charge in [0.1, 0.15) is 0 Å². The topological polar surface area (TPSA) is 32.3 Å². The van der Waals surface area contributed by atoms with E-state index in [-0.39, 0.29) is 0 Å². The molecule has 1 rings (SSSR count). The van der Waals surface area contributed by atoms with Gasteiger partial charge in [0.25, 0.3) is 0 Å². The molecule has 0 unspecified atom stereocenters. The minimum atomic E-state index is 0.344. The highest BCUT2D eigenvalue weighted by Crippen LogP contribution is 2.47. The maximum absolute atomic E-state index is 8.87. The number of hydrogen-bond acceptors (Lipinski definition) is 2. The minimum Gasteiger partial charge on any atom is -0.396 e. The Morgan fingerprint density at radius 1 is 1.31 bits per heavy atom. The fraction of sp³-hybridized carbons (Fsp3) is 1.00. The summed E-state index contributed by atoms with van der Waals surface area (Å²) in [4.78, 5) is 0. The fourth-order valence-electron chi connectivity index (χ4n) is 1.63. The zero-order valence-electron chi connectivity index (χ0n) is 9.19. The van der Waals surface area contributed by atoms with E-state index in [1.807, 2.05) is 0 Å². The Bertz CT molecular complexity index is 156. The third-order valence-corrected chi connectivity index (χ3v) is 2.75. The van der Waals surface area contributed by atoms with Crippen LogP contribution in [0.3, 0.4) is 0 Å². The molecule has 13 heavy (non-hydrogen) atoms. The van der Waals surface area contributed by atoms with Crippen molar-refractivity contribution in [3.63, 3.8) is 0 Å². The number of aliphatic hydroxyl groups is 1. The Kier molecular flexibility index (Phi) is 3.36. The second-order valence-corrected chi connectivity index (χ2v) is 5.64. The van der Waals surface area contributed by atoms with Crippen molar-refractivity contribution in [1.29, 1.82) is 0 Å². The van der Waals surface area contributed by atoms with Crippen LogP contribution in [0, 0.1) is 10.8 Å². The lowest BCUT2D eigenvalue weighted by Gasteiger charge is -2.21. The van der Waals surface area contributed by atoms with E-state index in [0.717, 1.165) is 19.5 Å². The predicted octanol–water partition coefficient (Wildman–Crippen LogP) is 1.78. The van der Waals surface area contributed by atoms with Gasteiger partial charge in [-0.25, -0.2) is 0 Å². The van der Waals surface area contributed by atoms with E-state index in [2.05, 4.69) is 26.1 Å². The van der Waals surface area contributed by atoms with E-state index in [9.17, 15) is 0 Å². The average molecular weight is 185 g/mol. The lowest BCUT2D eigenvalue weighted by molar-refractivity contribution is 0.241. The minimum absolute atomic E-state index is 0.344. The van der Waals surface area contributed by atoms with Crippen molar-refractivity contribution in [1.82, 2.24) is 5.32 Å². The van der Waals surface area contributed by atoms with Crippen LogP contribution in [0.15, 0.2) is 0 Å². The van der Waals surface area contributed by atoms with Crippen LogP contribution in [-0.2, 0) is 0 Å². The van der Waals surface area contributed by atoms with Gasteiger partial charge in [-0.05, 0) is 30.1 Å². The molecule has 0 spiro atoms. The molecular weight excluding hydrogens is 162 g/mol. The van der Waals surface area contributed by atoms with Crippen LogP contribution in [0.4, 0.5) is 0 Å². The largest absolute Gasteiger partial charge is 0.396 e. The summed E-state index contributed by atoms with van der Waals surface area (Å²) in [6.45, 7) is 9.23. The molecular formula is C11H23NO. The van der Waals surface area contributed by atoms with Crippen LogP contribution in [0.1, 0.15) is 40.0 Å². The summed E-state index contributed by atoms with van der Waals surface area (Å²) in [5.74, 6) is 0. The molecule has 0 aromatic heterocycles. The molecule has 1 aliphatic rings. The van der Waals surface area contributed by atoms with Crippen molar-refractivity contribution in [3.8, 4) is 0 Å². The Labute approximate surface area is 81.7 Å². The van der Waals surface area contributed by atoms with Crippen LogP contribution in [0.5, 0.6) is 0 Å². The molecule has 0 aliphatic heterocycles. The van der Waals surface area contributed by atoms with Crippen molar-refractivity contribution in [2.75, 3.05) is 19.7 Å². The number of nitrogens with one attached hydrogen (secondary N) is 1. The van der Waals surface area contributed by atoms with Gasteiger partial charge in [0.2, 0.25) is 0 Å². The Hall–Kier alpha value is -0.0800. The summed E-state index contributed by atoms with van der Waals surface area (Å²) in [6.07, 6.45) is 3.57. The van der Waals surface area contributed by atoms with Gasteiger partial charge in [0, 0.05) is 19.7 Å². The molecule has 1 fully saturated rings. The van der Waals surface area contributed by atoms with Crippen molar-refractivity contribution in [2.24, 2.45) is 10.8 Å². The molecule has 78 valence electrons. The summed E-state index contributed by atoms with van der Waals surface area (Å²) in [5.41, 5.74) is 0.829. The smallest absolute Gasteiger partial charge is 0.0436 e. The van der Waals surface area contributed by atoms with E-state index in [4.69, 9.17) is 5.11 Å². The van der Waals surface area contributed by atoms with Crippen LogP contribution < -0.4 is 5.32 Å². The van der Waals surface area contributed by atoms with Crippen LogP contribution in [0.25, 0.3) is 0 Å². The summed E-state index contributed by atoms with van der Waals surface area (Å²) < 4.78 is 0. The van der Waals surface area contributed by atoms with Gasteiger partial charge in [0.15, 0.2) is 0 Å². The second kappa shape index (κ2) is 3.97. The highest BCUT2D eigenvalue weighted by molar-refractivity contribution is 4.94. The third-order valence-electron chi connectivity index (χ3n) is 2.75. The molecule has 0 radical (unpaired) electrons. The predicted molar refractivity (Wildman–Crippen MR) is 55.7 cm³/mol. The number of rotatable bonds is 5. The highest BCUT2D eigenvalue weighted by Gasteiger charge is 2.41. The fourth-order valence-corrected chi connectivity index (χ4v) is 1.63. The lowest BCUT2D eigenvalue weighted by atomic mass is 9.96. The van der Waals surface area contributed by atoms with E-state index >= 15 is 0 Å². The molecule has 0 aromatic rings. The highest BCUT2D eigenvalue weighted by atomic mass is 16.3. The van der Waals surface area contributed by atoms with Gasteiger partial charge in [-0.1, -0.05) is 20.8 Å². The van der Waals surface area contributed by atoms with Crippen molar-refractivity contribution < 1.29 is 5.11 Å². The number of aliphatic hydroxyl groups excluding tert-OH is 1. The molecule has 2 N–H and O–H groups in total. The van der Waals surface area contributed by atoms with E-state index in [1.54, 1.807) is 0 Å². The van der Waals surface area contributed by atoms with Gasteiger partial charge >= 0.3 is 0 Å². The quantitative estimate of drug-likeness (QED) is 0.684. The van der Waals surface area contributed by atoms with Crippen molar-refractivity contribution >= 4 is 0 Å². The van der Waals surface area contributed by atoms with Crippen LogP contribution in [-0.4, -0.2) is 24.8 Å². The molecule has 0 heterocycles. The van der Waals surface area contributed by atoms with Gasteiger partial charge in [-0.15, -0.1) is 0 Å². The van der Waals surface area contributed by atoms with Gasteiger partial charge in [0.05, 0.1) is 0 Å². The maximum Gasteiger partial charge on any atom is 0.0436 e. The van der Waals surface area contributed by atoms with E-state index in [0.29, 0.717) is 17.4 Å². The summed E-state index contributed by atoms with van der Waals surface area (Å²) >= 11 is 0. The summed E-state index contributed by atoms with van der Waals surface area (Å²) in [7, 11) is 0. The van der Waals surface area contributed by atoms with Crippen LogP contribution >= 0.6 is 0 Å². The molecule has 2 nitrogen and oxygen atoms in total. The Balaban J connectivity index is 2.12. The maximum atomic E-state index is 8.87. The molecule has 0 amide bonds. The van der Waals surface area contributed by atoms with E-state index in [1.165, 1.54) is 12.8 Å². The first kappa shape index (κ1) is 11.0. The molecule has 0 aromatic carbocycles. The SMILES string of the molecule is CC(C)(C)CNCC1(CCO)CC1. The summed E-state index contributed by atoms with van der Waals surface area (Å²) in [6, 6.07) is 0. The normalized spacial score (nSPS) is 20.3. The zero-order valence-corrected chi connectivity index (χ0v) is 9.19. The lowest BCUT2D eigenvalue weighted by Crippen LogP contribution is -2.32. The average Bonchev–Trinajstić information content (AvgIpc) is 2.67. The number of hydrogen-bond donors (Lipinski definition) is 2. The molecule has 0 atom stereocenters. The Morgan fingerprint density at radius 3 is 2.31 bits per heavy atom. The second-order valence-electron chi connectivity index (χ2n) is 5.64. The van der Waals surface area contributed by atoms with Gasteiger partial charge in [-0.2, -0.15) is 0 Å².